The maximum absolute atomic E-state index is 5.95. The van der Waals surface area contributed by atoms with E-state index < -0.39 is 0 Å². The van der Waals surface area contributed by atoms with Gasteiger partial charge in [0.1, 0.15) is 16.0 Å². The van der Waals surface area contributed by atoms with Crippen molar-refractivity contribution in [3.63, 3.8) is 0 Å². The summed E-state index contributed by atoms with van der Waals surface area (Å²) in [6.07, 6.45) is 2.16. The fourth-order valence-corrected chi connectivity index (χ4v) is 3.20. The van der Waals surface area contributed by atoms with Gasteiger partial charge in [0, 0.05) is 11.6 Å². The first kappa shape index (κ1) is 16.1. The molecule has 0 radical (unpaired) electrons. The molecule has 7 heteroatoms. The van der Waals surface area contributed by atoms with Crippen molar-refractivity contribution >= 4 is 21.9 Å². The van der Waals surface area contributed by atoms with Gasteiger partial charge in [0.05, 0.1) is 12.8 Å². The summed E-state index contributed by atoms with van der Waals surface area (Å²) in [5, 5.41) is 0. The van der Waals surface area contributed by atoms with Crippen LogP contribution in [0.3, 0.4) is 0 Å². The smallest absolute Gasteiger partial charge is 0.220 e. The topological polar surface area (TPSA) is 77.2 Å². The number of hydrogen-bond acceptors (Lipinski definition) is 6. The zero-order valence-corrected chi connectivity index (χ0v) is 14.9. The van der Waals surface area contributed by atoms with Crippen LogP contribution in [0.5, 0.6) is 5.75 Å². The number of anilines is 1. The lowest BCUT2D eigenvalue weighted by atomic mass is 9.93. The van der Waals surface area contributed by atoms with Crippen molar-refractivity contribution in [1.29, 1.82) is 0 Å². The van der Waals surface area contributed by atoms with Crippen molar-refractivity contribution in [2.45, 2.75) is 18.8 Å². The highest BCUT2D eigenvalue weighted by atomic mass is 79.9. The molecule has 0 saturated carbocycles. The Labute approximate surface area is 144 Å². The van der Waals surface area contributed by atoms with E-state index in [1.165, 1.54) is 0 Å². The normalized spacial score (nSPS) is 16.5. The average molecular weight is 378 g/mol. The van der Waals surface area contributed by atoms with Crippen molar-refractivity contribution in [2.24, 2.45) is 0 Å². The van der Waals surface area contributed by atoms with Gasteiger partial charge >= 0.3 is 0 Å². The van der Waals surface area contributed by atoms with Crippen LogP contribution in [0.2, 0.25) is 0 Å². The molecule has 1 fully saturated rings. The third kappa shape index (κ3) is 3.61. The number of methoxy groups -OCH3 is 1. The van der Waals surface area contributed by atoms with Crippen LogP contribution < -0.4 is 10.5 Å². The van der Waals surface area contributed by atoms with Crippen molar-refractivity contribution in [1.82, 2.24) is 19.9 Å². The van der Waals surface area contributed by atoms with Gasteiger partial charge in [0.15, 0.2) is 0 Å². The van der Waals surface area contributed by atoms with Crippen molar-refractivity contribution in [3.8, 4) is 17.1 Å². The molecule has 2 N–H and O–H groups in total. The summed E-state index contributed by atoms with van der Waals surface area (Å²) in [6, 6.07) is 5.69. The number of piperidine rings is 1. The van der Waals surface area contributed by atoms with E-state index in [1.807, 2.05) is 18.2 Å². The second kappa shape index (κ2) is 6.80. The van der Waals surface area contributed by atoms with Gasteiger partial charge in [0.2, 0.25) is 5.95 Å². The number of nitrogen functional groups attached to an aromatic ring is 1. The molecule has 2 aromatic heterocycles. The fraction of sp³-hybridized carbons (Fsp3) is 0.438. The van der Waals surface area contributed by atoms with Crippen molar-refractivity contribution in [2.75, 3.05) is 33.0 Å². The average Bonchev–Trinajstić information content (AvgIpc) is 2.55. The molecule has 23 heavy (non-hydrogen) atoms. The van der Waals surface area contributed by atoms with Gasteiger partial charge in [-0.25, -0.2) is 15.0 Å². The monoisotopic (exact) mass is 377 g/mol. The highest BCUT2D eigenvalue weighted by Crippen LogP contribution is 2.32. The number of likely N-dealkylation sites (tertiary alicyclic amines) is 1. The Hall–Kier alpha value is -1.73. The highest BCUT2D eigenvalue weighted by Gasteiger charge is 2.22. The van der Waals surface area contributed by atoms with Crippen LogP contribution in [0.1, 0.15) is 24.5 Å². The molecule has 0 aliphatic carbocycles. The summed E-state index contributed by atoms with van der Waals surface area (Å²) in [5.74, 6) is 1.36. The molecule has 1 aliphatic heterocycles. The van der Waals surface area contributed by atoms with Crippen LogP contribution >= 0.6 is 15.9 Å². The Balaban J connectivity index is 1.99. The minimum absolute atomic E-state index is 0.278. The zero-order chi connectivity index (χ0) is 16.4. The molecular formula is C16H20BrN5O. The molecular weight excluding hydrogens is 358 g/mol. The molecule has 0 bridgehead atoms. The van der Waals surface area contributed by atoms with Gasteiger partial charge in [0.25, 0.3) is 0 Å². The van der Waals surface area contributed by atoms with Crippen LogP contribution in [-0.2, 0) is 0 Å². The third-order valence-electron chi connectivity index (χ3n) is 4.19. The lowest BCUT2D eigenvalue weighted by Crippen LogP contribution is -2.29. The Morgan fingerprint density at radius 2 is 1.96 bits per heavy atom. The van der Waals surface area contributed by atoms with Gasteiger partial charge in [-0.3, -0.25) is 0 Å². The Kier molecular flexibility index (Phi) is 4.77. The molecule has 2 aromatic rings. The highest BCUT2D eigenvalue weighted by molar-refractivity contribution is 9.10. The van der Waals surface area contributed by atoms with Crippen LogP contribution in [0.25, 0.3) is 11.4 Å². The number of ether oxygens (including phenoxy) is 1. The Morgan fingerprint density at radius 3 is 2.65 bits per heavy atom. The number of hydrogen-bond donors (Lipinski definition) is 1. The van der Waals surface area contributed by atoms with Crippen LogP contribution in [-0.4, -0.2) is 47.1 Å². The van der Waals surface area contributed by atoms with E-state index in [4.69, 9.17) is 10.5 Å². The van der Waals surface area contributed by atoms with E-state index in [0.717, 1.165) is 36.2 Å². The summed E-state index contributed by atoms with van der Waals surface area (Å²) in [4.78, 5) is 15.6. The maximum Gasteiger partial charge on any atom is 0.220 e. The van der Waals surface area contributed by atoms with Gasteiger partial charge in [-0.1, -0.05) is 0 Å². The van der Waals surface area contributed by atoms with Crippen LogP contribution in [0.15, 0.2) is 22.8 Å². The minimum Gasteiger partial charge on any atom is -0.494 e. The van der Waals surface area contributed by atoms with Gasteiger partial charge < -0.3 is 15.4 Å². The second-order valence-corrected chi connectivity index (χ2v) is 6.61. The van der Waals surface area contributed by atoms with E-state index in [9.17, 15) is 0 Å². The number of pyridine rings is 1. The van der Waals surface area contributed by atoms with Gasteiger partial charge in [-0.15, -0.1) is 0 Å². The lowest BCUT2D eigenvalue weighted by Gasteiger charge is -2.28. The molecule has 0 atom stereocenters. The first-order valence-corrected chi connectivity index (χ1v) is 8.40. The molecule has 3 rings (SSSR count). The predicted molar refractivity (Wildman–Crippen MR) is 93.4 cm³/mol. The molecule has 122 valence electrons. The molecule has 0 spiro atoms. The first-order valence-electron chi connectivity index (χ1n) is 7.60. The van der Waals surface area contributed by atoms with Gasteiger partial charge in [-0.05, 0) is 67.1 Å². The third-order valence-corrected chi connectivity index (χ3v) is 4.63. The van der Waals surface area contributed by atoms with Gasteiger partial charge in [-0.2, -0.15) is 0 Å². The van der Waals surface area contributed by atoms with Crippen molar-refractivity contribution < 1.29 is 4.74 Å². The summed E-state index contributed by atoms with van der Waals surface area (Å²) in [5.41, 5.74) is 8.31. The molecule has 1 saturated heterocycles. The predicted octanol–water partition coefficient (Wildman–Crippen LogP) is 2.70. The number of nitrogens with zero attached hydrogens (tertiary/aromatic N) is 4. The summed E-state index contributed by atoms with van der Waals surface area (Å²) in [6.45, 7) is 2.14. The van der Waals surface area contributed by atoms with E-state index in [2.05, 4.69) is 42.8 Å². The zero-order valence-electron chi connectivity index (χ0n) is 13.3. The summed E-state index contributed by atoms with van der Waals surface area (Å²) < 4.78 is 6.13. The van der Waals surface area contributed by atoms with E-state index in [1.54, 1.807) is 7.11 Å². The summed E-state index contributed by atoms with van der Waals surface area (Å²) >= 11 is 3.40. The molecule has 6 nitrogen and oxygen atoms in total. The SMILES string of the molecule is COc1ccc(Br)nc1-c1cc(C2CCN(C)CC2)nc(N)n1. The summed E-state index contributed by atoms with van der Waals surface area (Å²) in [7, 11) is 3.77. The quantitative estimate of drug-likeness (QED) is 0.828. The number of halogens is 1. The van der Waals surface area contributed by atoms with Crippen LogP contribution in [0, 0.1) is 0 Å². The Morgan fingerprint density at radius 1 is 1.22 bits per heavy atom. The maximum atomic E-state index is 5.95. The van der Waals surface area contributed by atoms with E-state index in [0.29, 0.717) is 23.1 Å². The minimum atomic E-state index is 0.278. The Bertz CT molecular complexity index is 701. The molecule has 1 aliphatic rings. The lowest BCUT2D eigenvalue weighted by molar-refractivity contribution is 0.253. The van der Waals surface area contributed by atoms with Crippen LogP contribution in [0.4, 0.5) is 5.95 Å². The largest absolute Gasteiger partial charge is 0.494 e. The second-order valence-electron chi connectivity index (χ2n) is 5.80. The van der Waals surface area contributed by atoms with Crippen molar-refractivity contribution in [3.05, 3.63) is 28.5 Å². The van der Waals surface area contributed by atoms with E-state index in [-0.39, 0.29) is 5.95 Å². The standard InChI is InChI=1S/C16H20BrN5O/c1-22-7-5-10(6-8-22)11-9-12(20-16(18)19-11)15-13(23-2)3-4-14(17)21-15/h3-4,9-10H,5-8H2,1-2H3,(H2,18,19,20). The molecule has 0 unspecified atom stereocenters. The number of nitrogens with two attached hydrogens (primary N) is 1. The number of rotatable bonds is 3. The van der Waals surface area contributed by atoms with E-state index >= 15 is 0 Å². The number of aromatic nitrogens is 3. The molecule has 0 amide bonds. The first-order chi connectivity index (χ1) is 11.1. The molecule has 3 heterocycles. The molecule has 0 aromatic carbocycles. The fourth-order valence-electron chi connectivity index (χ4n) is 2.89.